The molecule has 0 spiro atoms. The van der Waals surface area contributed by atoms with E-state index in [4.69, 9.17) is 5.26 Å². The highest BCUT2D eigenvalue weighted by atomic mass is 19.1. The van der Waals surface area contributed by atoms with Crippen LogP contribution < -0.4 is 0 Å². The van der Waals surface area contributed by atoms with E-state index in [-0.39, 0.29) is 25.4 Å². The van der Waals surface area contributed by atoms with Gasteiger partial charge in [0.15, 0.2) is 0 Å². The van der Waals surface area contributed by atoms with Crippen molar-refractivity contribution in [3.05, 3.63) is 42.1 Å². The third-order valence-corrected chi connectivity index (χ3v) is 5.64. The summed E-state index contributed by atoms with van der Waals surface area (Å²) in [6, 6.07) is 11.8. The lowest BCUT2D eigenvalue weighted by Gasteiger charge is -2.23. The minimum Gasteiger partial charge on any atom is -0.323 e. The maximum Gasteiger partial charge on any atom is 0.237 e. The van der Waals surface area contributed by atoms with Crippen molar-refractivity contribution in [2.24, 2.45) is 5.92 Å². The van der Waals surface area contributed by atoms with Crippen LogP contribution in [0, 0.1) is 17.2 Å². The van der Waals surface area contributed by atoms with Crippen LogP contribution in [0.2, 0.25) is 0 Å². The van der Waals surface area contributed by atoms with E-state index >= 15 is 0 Å². The minimum atomic E-state index is -1.08. The summed E-state index contributed by atoms with van der Waals surface area (Å²) in [5.74, 6) is 0.371. The van der Waals surface area contributed by atoms with Gasteiger partial charge in [-0.3, -0.25) is 14.7 Å². The predicted octanol–water partition coefficient (Wildman–Crippen LogP) is 2.56. The molecule has 6 heteroatoms. The molecule has 1 aromatic carbocycles. The summed E-state index contributed by atoms with van der Waals surface area (Å²) >= 11 is 0. The second-order valence-electron chi connectivity index (χ2n) is 7.65. The van der Waals surface area contributed by atoms with E-state index in [9.17, 15) is 9.18 Å². The number of halogens is 1. The van der Waals surface area contributed by atoms with E-state index in [0.29, 0.717) is 5.92 Å². The number of fused-ring (bicyclic) bond motifs is 1. The first-order valence-corrected chi connectivity index (χ1v) is 9.51. The summed E-state index contributed by atoms with van der Waals surface area (Å²) < 4.78 is 13.5. The Morgan fingerprint density at radius 3 is 3.07 bits per heavy atom. The molecule has 0 radical (unpaired) electrons. The Morgan fingerprint density at radius 1 is 1.33 bits per heavy atom. The van der Waals surface area contributed by atoms with E-state index in [2.05, 4.69) is 34.1 Å². The molecule has 0 unspecified atom stereocenters. The normalized spacial score (nSPS) is 25.8. The fraction of sp³-hybridized carbons (Fsp3) is 0.476. The number of likely N-dealkylation sites (tertiary alicyclic amines) is 2. The van der Waals surface area contributed by atoms with E-state index < -0.39 is 12.2 Å². The molecule has 2 aliphatic rings. The second-order valence-corrected chi connectivity index (χ2v) is 7.65. The molecule has 0 aliphatic carbocycles. The highest BCUT2D eigenvalue weighted by Gasteiger charge is 2.36. The molecule has 1 amide bonds. The molecule has 27 heavy (non-hydrogen) atoms. The van der Waals surface area contributed by atoms with Crippen molar-refractivity contribution in [2.75, 3.05) is 26.2 Å². The predicted molar refractivity (Wildman–Crippen MR) is 101 cm³/mol. The number of carbonyl (C=O) groups is 1. The smallest absolute Gasteiger partial charge is 0.237 e. The zero-order chi connectivity index (χ0) is 18.8. The lowest BCUT2D eigenvalue weighted by atomic mass is 9.98. The van der Waals surface area contributed by atoms with Gasteiger partial charge in [0.2, 0.25) is 5.91 Å². The molecule has 140 valence electrons. The van der Waals surface area contributed by atoms with E-state index in [0.717, 1.165) is 36.8 Å². The number of pyridine rings is 1. The van der Waals surface area contributed by atoms with Gasteiger partial charge in [0.05, 0.1) is 24.7 Å². The maximum absolute atomic E-state index is 13.5. The summed E-state index contributed by atoms with van der Waals surface area (Å²) in [4.78, 5) is 20.4. The first kappa shape index (κ1) is 17.9. The van der Waals surface area contributed by atoms with Crippen LogP contribution in [0.4, 0.5) is 4.39 Å². The first-order chi connectivity index (χ1) is 13.1. The lowest BCUT2D eigenvalue weighted by Crippen LogP contribution is -2.42. The summed E-state index contributed by atoms with van der Waals surface area (Å²) in [6.45, 7) is 2.06. The Kier molecular flexibility index (Phi) is 5.04. The van der Waals surface area contributed by atoms with Crippen molar-refractivity contribution in [1.29, 1.82) is 5.26 Å². The molecule has 3 heterocycles. The zero-order valence-corrected chi connectivity index (χ0v) is 15.2. The molecule has 4 rings (SSSR count). The average Bonchev–Trinajstić information content (AvgIpc) is 3.27. The molecule has 0 saturated carbocycles. The molecular formula is C21H23FN4O. The number of amides is 1. The van der Waals surface area contributed by atoms with Crippen LogP contribution >= 0.6 is 0 Å². The van der Waals surface area contributed by atoms with E-state index in [1.165, 1.54) is 10.5 Å². The topological polar surface area (TPSA) is 60.2 Å². The molecule has 0 bridgehead atoms. The monoisotopic (exact) mass is 366 g/mol. The SMILES string of the molecule is N#C[C@@H]1C[C@H](F)CN1C(=O)CN1CC[C@H](Cc2ccc3cccnc3c2)C1. The summed E-state index contributed by atoms with van der Waals surface area (Å²) in [6.07, 6.45) is 2.88. The number of alkyl halides is 1. The zero-order valence-electron chi connectivity index (χ0n) is 15.2. The van der Waals surface area contributed by atoms with Gasteiger partial charge in [-0.05, 0) is 43.0 Å². The van der Waals surface area contributed by atoms with Crippen molar-refractivity contribution in [3.8, 4) is 6.07 Å². The largest absolute Gasteiger partial charge is 0.323 e. The van der Waals surface area contributed by atoms with Gasteiger partial charge in [0, 0.05) is 24.5 Å². The molecule has 2 aromatic rings. The number of rotatable bonds is 4. The van der Waals surface area contributed by atoms with Crippen LogP contribution in [0.15, 0.2) is 36.5 Å². The number of nitriles is 1. The number of aromatic nitrogens is 1. The first-order valence-electron chi connectivity index (χ1n) is 9.51. The summed E-state index contributed by atoms with van der Waals surface area (Å²) in [5, 5.41) is 10.3. The molecule has 0 N–H and O–H groups in total. The van der Waals surface area contributed by atoms with Gasteiger partial charge in [0.1, 0.15) is 12.2 Å². The maximum atomic E-state index is 13.5. The fourth-order valence-corrected chi connectivity index (χ4v) is 4.26. The van der Waals surface area contributed by atoms with Gasteiger partial charge < -0.3 is 4.90 Å². The quantitative estimate of drug-likeness (QED) is 0.834. The second kappa shape index (κ2) is 7.61. The Hall–Kier alpha value is -2.52. The molecule has 2 fully saturated rings. The molecular weight excluding hydrogens is 343 g/mol. The van der Waals surface area contributed by atoms with Gasteiger partial charge in [-0.1, -0.05) is 18.2 Å². The average molecular weight is 366 g/mol. The molecule has 1 aromatic heterocycles. The fourth-order valence-electron chi connectivity index (χ4n) is 4.26. The van der Waals surface area contributed by atoms with Crippen molar-refractivity contribution in [1.82, 2.24) is 14.8 Å². The molecule has 2 saturated heterocycles. The lowest BCUT2D eigenvalue weighted by molar-refractivity contribution is -0.132. The number of carbonyl (C=O) groups excluding carboxylic acids is 1. The van der Waals surface area contributed by atoms with Crippen molar-refractivity contribution in [3.63, 3.8) is 0 Å². The van der Waals surface area contributed by atoms with Crippen LogP contribution in [0.1, 0.15) is 18.4 Å². The van der Waals surface area contributed by atoms with Gasteiger partial charge in [-0.15, -0.1) is 0 Å². The summed E-state index contributed by atoms with van der Waals surface area (Å²) in [7, 11) is 0. The van der Waals surface area contributed by atoms with Crippen molar-refractivity contribution < 1.29 is 9.18 Å². The van der Waals surface area contributed by atoms with Crippen molar-refractivity contribution in [2.45, 2.75) is 31.5 Å². The summed E-state index contributed by atoms with van der Waals surface area (Å²) in [5.41, 5.74) is 2.28. The highest BCUT2D eigenvalue weighted by Crippen LogP contribution is 2.24. The van der Waals surface area contributed by atoms with Crippen LogP contribution in [-0.2, 0) is 11.2 Å². The molecule has 5 nitrogen and oxygen atoms in total. The van der Waals surface area contributed by atoms with Crippen molar-refractivity contribution >= 4 is 16.8 Å². The highest BCUT2D eigenvalue weighted by molar-refractivity contribution is 5.79. The van der Waals surface area contributed by atoms with Crippen LogP contribution in [0.3, 0.4) is 0 Å². The Morgan fingerprint density at radius 2 is 2.22 bits per heavy atom. The van der Waals surface area contributed by atoms with Gasteiger partial charge in [0.25, 0.3) is 0 Å². The number of benzene rings is 1. The Bertz CT molecular complexity index is 880. The van der Waals surface area contributed by atoms with Gasteiger partial charge >= 0.3 is 0 Å². The Labute approximate surface area is 158 Å². The third-order valence-electron chi connectivity index (χ3n) is 5.64. The number of nitrogens with zero attached hydrogens (tertiary/aromatic N) is 4. The van der Waals surface area contributed by atoms with Crippen LogP contribution in [0.5, 0.6) is 0 Å². The Balaban J connectivity index is 1.33. The van der Waals surface area contributed by atoms with E-state index in [1.807, 2.05) is 18.3 Å². The van der Waals surface area contributed by atoms with Gasteiger partial charge in [-0.25, -0.2) is 4.39 Å². The minimum absolute atomic E-state index is 0.0540. The molecule has 3 atom stereocenters. The third kappa shape index (κ3) is 3.93. The number of hydrogen-bond acceptors (Lipinski definition) is 4. The number of hydrogen-bond donors (Lipinski definition) is 0. The van der Waals surface area contributed by atoms with Crippen LogP contribution in [-0.4, -0.2) is 59.1 Å². The molecule has 2 aliphatic heterocycles. The standard InChI is InChI=1S/C21H23FN4O/c22-18-10-19(11-23)26(13-18)21(27)14-25-7-5-16(12-25)8-15-3-4-17-2-1-6-24-20(17)9-15/h1-4,6,9,16,18-19H,5,7-8,10,12-14H2/t16-,18+,19+/m1/s1. The van der Waals surface area contributed by atoms with Gasteiger partial charge in [-0.2, -0.15) is 5.26 Å². The van der Waals surface area contributed by atoms with Crippen LogP contribution in [0.25, 0.3) is 10.9 Å². The van der Waals surface area contributed by atoms with E-state index in [1.54, 1.807) is 0 Å².